The number of thioether (sulfide) groups is 1. The van der Waals surface area contributed by atoms with Gasteiger partial charge in [0.1, 0.15) is 12.4 Å². The number of methoxy groups -OCH3 is 1. The van der Waals surface area contributed by atoms with Gasteiger partial charge in [-0.25, -0.2) is 4.79 Å². The number of nitriles is 1. The van der Waals surface area contributed by atoms with E-state index in [0.29, 0.717) is 29.2 Å². The lowest BCUT2D eigenvalue weighted by Gasteiger charge is -2.13. The zero-order chi connectivity index (χ0) is 26.4. The predicted molar refractivity (Wildman–Crippen MR) is 135 cm³/mol. The van der Waals surface area contributed by atoms with E-state index in [0.717, 1.165) is 22.2 Å². The Bertz CT molecular complexity index is 1420. The van der Waals surface area contributed by atoms with E-state index < -0.39 is 17.1 Å². The number of hydrogen-bond donors (Lipinski definition) is 0. The Morgan fingerprint density at radius 3 is 2.68 bits per heavy atom. The summed E-state index contributed by atoms with van der Waals surface area (Å²) >= 11 is 0.811. The highest BCUT2D eigenvalue weighted by Gasteiger charge is 2.35. The van der Waals surface area contributed by atoms with Crippen LogP contribution in [0.2, 0.25) is 0 Å². The number of furan rings is 1. The molecule has 0 spiro atoms. The minimum Gasteiger partial charge on any atom is -0.490 e. The molecule has 2 amide bonds. The van der Waals surface area contributed by atoms with Crippen LogP contribution in [-0.2, 0) is 22.7 Å². The van der Waals surface area contributed by atoms with Crippen molar-refractivity contribution in [1.82, 2.24) is 4.90 Å². The molecule has 1 aromatic heterocycles. The topological polar surface area (TPSA) is 119 Å². The molecule has 3 aromatic rings. The van der Waals surface area contributed by atoms with Crippen LogP contribution in [0.5, 0.6) is 11.5 Å². The van der Waals surface area contributed by atoms with Crippen molar-refractivity contribution in [2.45, 2.75) is 20.1 Å². The molecule has 0 N–H and O–H groups in total. The van der Waals surface area contributed by atoms with Gasteiger partial charge in [-0.15, -0.1) is 0 Å². The van der Waals surface area contributed by atoms with Crippen LogP contribution in [0.1, 0.15) is 39.9 Å². The van der Waals surface area contributed by atoms with Crippen molar-refractivity contribution >= 4 is 35.0 Å². The molecule has 0 radical (unpaired) electrons. The lowest BCUT2D eigenvalue weighted by Crippen LogP contribution is -2.27. The van der Waals surface area contributed by atoms with Crippen LogP contribution in [0.25, 0.3) is 6.08 Å². The molecule has 1 fully saturated rings. The zero-order valence-electron chi connectivity index (χ0n) is 20.1. The van der Waals surface area contributed by atoms with Crippen molar-refractivity contribution in [3.8, 4) is 17.6 Å². The first-order valence-electron chi connectivity index (χ1n) is 11.2. The third kappa shape index (κ3) is 5.85. The fraction of sp³-hybridized carbons (Fsp3) is 0.185. The number of nitrogens with zero attached hydrogens (tertiary/aromatic N) is 2. The van der Waals surface area contributed by atoms with Gasteiger partial charge in [0, 0.05) is 5.56 Å². The van der Waals surface area contributed by atoms with Gasteiger partial charge in [-0.2, -0.15) is 5.26 Å². The first-order chi connectivity index (χ1) is 17.9. The van der Waals surface area contributed by atoms with Gasteiger partial charge in [0.2, 0.25) is 5.76 Å². The van der Waals surface area contributed by atoms with E-state index in [1.807, 2.05) is 19.1 Å². The fourth-order valence-corrected chi connectivity index (χ4v) is 4.37. The van der Waals surface area contributed by atoms with E-state index in [-0.39, 0.29) is 29.6 Å². The maximum Gasteiger partial charge on any atom is 0.373 e. The molecule has 37 heavy (non-hydrogen) atoms. The number of carbonyl (C=O) groups excluding carboxylic acids is 3. The minimum atomic E-state index is -0.646. The Morgan fingerprint density at radius 1 is 1.11 bits per heavy atom. The summed E-state index contributed by atoms with van der Waals surface area (Å²) < 4.78 is 21.6. The highest BCUT2D eigenvalue weighted by atomic mass is 32.2. The number of esters is 1. The van der Waals surface area contributed by atoms with Gasteiger partial charge in [-0.3, -0.25) is 14.5 Å². The molecule has 1 aliphatic rings. The minimum absolute atomic E-state index is 0.0121. The van der Waals surface area contributed by atoms with Crippen LogP contribution < -0.4 is 9.47 Å². The molecule has 0 atom stereocenters. The van der Waals surface area contributed by atoms with Gasteiger partial charge in [-0.05, 0) is 60.7 Å². The number of amides is 2. The summed E-state index contributed by atoms with van der Waals surface area (Å²) in [6.45, 7) is 2.31. The highest BCUT2D eigenvalue weighted by molar-refractivity contribution is 8.18. The van der Waals surface area contributed by atoms with Crippen molar-refractivity contribution in [3.63, 3.8) is 0 Å². The summed E-state index contributed by atoms with van der Waals surface area (Å²) in [6, 6.07) is 17.4. The Kier molecular flexibility index (Phi) is 7.95. The van der Waals surface area contributed by atoms with E-state index in [9.17, 15) is 19.6 Å². The monoisotopic (exact) mass is 518 g/mol. The number of ether oxygens (including phenoxy) is 3. The van der Waals surface area contributed by atoms with Gasteiger partial charge >= 0.3 is 5.97 Å². The van der Waals surface area contributed by atoms with Gasteiger partial charge in [0.25, 0.3) is 11.1 Å². The lowest BCUT2D eigenvalue weighted by atomic mass is 10.1. The Morgan fingerprint density at radius 2 is 1.92 bits per heavy atom. The standard InChI is InChI=1S/C27H22N2O7S/c1-3-34-23-12-17(8-10-21(23)35-16-19-7-5-4-6-18(19)14-28)13-24-25(30)29(27(32)37-24)15-20-9-11-22(36-20)26(31)33-2/h4-13H,3,15-16H2,1-2H3/b24-13+. The van der Waals surface area contributed by atoms with Gasteiger partial charge in [0.05, 0.1) is 36.8 Å². The fourth-order valence-electron chi connectivity index (χ4n) is 3.53. The maximum atomic E-state index is 12.9. The number of imide groups is 1. The normalized spacial score (nSPS) is 14.1. The Balaban J connectivity index is 1.50. The number of hydrogen-bond acceptors (Lipinski definition) is 9. The van der Waals surface area contributed by atoms with Gasteiger partial charge in [-0.1, -0.05) is 24.3 Å². The Hall–Kier alpha value is -4.49. The molecule has 188 valence electrons. The van der Waals surface area contributed by atoms with Crippen LogP contribution in [0.4, 0.5) is 4.79 Å². The van der Waals surface area contributed by atoms with Crippen LogP contribution in [0.3, 0.4) is 0 Å². The molecule has 10 heteroatoms. The van der Waals surface area contributed by atoms with E-state index in [2.05, 4.69) is 10.8 Å². The number of carbonyl (C=O) groups is 3. The molecule has 4 rings (SSSR count). The average Bonchev–Trinajstić information content (AvgIpc) is 3.48. The second-order valence-corrected chi connectivity index (χ2v) is 8.72. The summed E-state index contributed by atoms with van der Waals surface area (Å²) in [5.74, 6) is 0.100. The van der Waals surface area contributed by atoms with Gasteiger partial charge < -0.3 is 18.6 Å². The molecular weight excluding hydrogens is 496 g/mol. The van der Waals surface area contributed by atoms with Crippen molar-refractivity contribution in [1.29, 1.82) is 5.26 Å². The van der Waals surface area contributed by atoms with E-state index >= 15 is 0 Å². The predicted octanol–water partition coefficient (Wildman–Crippen LogP) is 5.15. The smallest absolute Gasteiger partial charge is 0.373 e. The van der Waals surface area contributed by atoms with E-state index in [1.165, 1.54) is 19.2 Å². The van der Waals surface area contributed by atoms with Crippen LogP contribution in [0.15, 0.2) is 63.9 Å². The van der Waals surface area contributed by atoms with Crippen molar-refractivity contribution in [2.75, 3.05) is 13.7 Å². The largest absolute Gasteiger partial charge is 0.490 e. The Labute approximate surface area is 217 Å². The molecule has 2 aromatic carbocycles. The number of rotatable bonds is 9. The second kappa shape index (κ2) is 11.5. The quantitative estimate of drug-likeness (QED) is 0.280. The average molecular weight is 519 g/mol. The molecule has 0 saturated carbocycles. The third-order valence-corrected chi connectivity index (χ3v) is 6.23. The van der Waals surface area contributed by atoms with E-state index in [1.54, 1.807) is 36.4 Å². The second-order valence-electron chi connectivity index (χ2n) is 7.72. The molecular formula is C27H22N2O7S. The summed E-state index contributed by atoms with van der Waals surface area (Å²) in [5.41, 5.74) is 1.93. The molecule has 1 saturated heterocycles. The highest BCUT2D eigenvalue weighted by Crippen LogP contribution is 2.36. The van der Waals surface area contributed by atoms with Crippen LogP contribution in [-0.4, -0.2) is 35.7 Å². The summed E-state index contributed by atoms with van der Waals surface area (Å²) in [5, 5.41) is 8.83. The molecule has 0 unspecified atom stereocenters. The van der Waals surface area contributed by atoms with Crippen molar-refractivity contribution in [3.05, 3.63) is 87.7 Å². The lowest BCUT2D eigenvalue weighted by molar-refractivity contribution is -0.123. The first-order valence-corrected chi connectivity index (χ1v) is 12.0. The molecule has 9 nitrogen and oxygen atoms in total. The zero-order valence-corrected chi connectivity index (χ0v) is 20.9. The molecule has 0 bridgehead atoms. The molecule has 2 heterocycles. The summed E-state index contributed by atoms with van der Waals surface area (Å²) in [7, 11) is 1.23. The first kappa shape index (κ1) is 25.6. The maximum absolute atomic E-state index is 12.9. The van der Waals surface area contributed by atoms with Gasteiger partial charge in [0.15, 0.2) is 11.5 Å². The third-order valence-electron chi connectivity index (χ3n) is 5.32. The van der Waals surface area contributed by atoms with E-state index in [4.69, 9.17) is 13.9 Å². The molecule has 0 aliphatic carbocycles. The van der Waals surface area contributed by atoms with Crippen LogP contribution in [0, 0.1) is 11.3 Å². The number of benzene rings is 2. The van der Waals surface area contributed by atoms with Crippen molar-refractivity contribution < 1.29 is 33.0 Å². The molecule has 1 aliphatic heterocycles. The van der Waals surface area contributed by atoms with Crippen LogP contribution >= 0.6 is 11.8 Å². The van der Waals surface area contributed by atoms with Crippen molar-refractivity contribution in [2.24, 2.45) is 0 Å². The summed E-state index contributed by atoms with van der Waals surface area (Å²) in [6.07, 6.45) is 1.60. The summed E-state index contributed by atoms with van der Waals surface area (Å²) in [4.78, 5) is 38.3. The SMILES string of the molecule is CCOc1cc(/C=C2/SC(=O)N(Cc3ccc(C(=O)OC)o3)C2=O)ccc1OCc1ccccc1C#N.